The maximum absolute atomic E-state index is 12.9. The molecular formula is C24H23F3N4O4S. The van der Waals surface area contributed by atoms with Crippen molar-refractivity contribution in [3.8, 4) is 5.88 Å². The Morgan fingerprint density at radius 2 is 1.86 bits per heavy atom. The summed E-state index contributed by atoms with van der Waals surface area (Å²) in [5, 5.41) is 20.7. The van der Waals surface area contributed by atoms with Crippen LogP contribution in [0.2, 0.25) is 0 Å². The molecule has 0 spiro atoms. The zero-order valence-corrected chi connectivity index (χ0v) is 19.7. The van der Waals surface area contributed by atoms with E-state index in [2.05, 4.69) is 14.7 Å². The minimum absolute atomic E-state index is 0.135. The zero-order valence-electron chi connectivity index (χ0n) is 18.9. The monoisotopic (exact) mass is 520 g/mol. The van der Waals surface area contributed by atoms with Crippen LogP contribution in [-0.2, 0) is 11.4 Å². The normalized spacial score (nSPS) is 16.9. The zero-order chi connectivity index (χ0) is 25.9. The van der Waals surface area contributed by atoms with E-state index in [-0.39, 0.29) is 37.7 Å². The number of nitrogens with one attached hydrogen (secondary N) is 1. The predicted molar refractivity (Wildman–Crippen MR) is 128 cm³/mol. The summed E-state index contributed by atoms with van der Waals surface area (Å²) >= 11 is -1.71. The van der Waals surface area contributed by atoms with Crippen LogP contribution in [-0.4, -0.2) is 60.4 Å². The number of aromatic hydroxyl groups is 1. The molecular weight excluding hydrogens is 497 g/mol. The average Bonchev–Trinajstić information content (AvgIpc) is 2.83. The molecule has 1 saturated heterocycles. The van der Waals surface area contributed by atoms with Crippen LogP contribution in [0, 0.1) is 0 Å². The van der Waals surface area contributed by atoms with Crippen molar-refractivity contribution in [3.05, 3.63) is 66.5 Å². The number of fused-ring (bicyclic) bond motifs is 1. The molecule has 1 fully saturated rings. The molecule has 1 amide bonds. The smallest absolute Gasteiger partial charge is 0.392 e. The second-order valence-corrected chi connectivity index (χ2v) is 9.60. The first-order chi connectivity index (χ1) is 17.0. The van der Waals surface area contributed by atoms with Crippen LogP contribution in [0.15, 0.2) is 65.8 Å². The second-order valence-electron chi connectivity index (χ2n) is 8.42. The molecule has 1 aliphatic rings. The van der Waals surface area contributed by atoms with Crippen molar-refractivity contribution in [1.82, 2.24) is 14.9 Å². The molecule has 1 aromatic heterocycles. The van der Waals surface area contributed by atoms with Crippen molar-refractivity contribution in [2.24, 2.45) is 0 Å². The van der Waals surface area contributed by atoms with Gasteiger partial charge < -0.3 is 19.7 Å². The van der Waals surface area contributed by atoms with Gasteiger partial charge in [0.1, 0.15) is 23.2 Å². The van der Waals surface area contributed by atoms with Crippen LogP contribution < -0.4 is 4.72 Å². The number of carbonyl (C=O) groups is 1. The van der Waals surface area contributed by atoms with Gasteiger partial charge in [-0.1, -0.05) is 18.2 Å². The quantitative estimate of drug-likeness (QED) is 0.332. The number of rotatable bonds is 6. The van der Waals surface area contributed by atoms with Crippen LogP contribution in [0.1, 0.15) is 29.6 Å². The Morgan fingerprint density at radius 3 is 2.53 bits per heavy atom. The number of likely N-dealkylation sites (tertiary alicyclic amines) is 1. The fourth-order valence-electron chi connectivity index (χ4n) is 3.90. The Balaban J connectivity index is 1.37. The van der Waals surface area contributed by atoms with E-state index in [4.69, 9.17) is 0 Å². The molecule has 190 valence electrons. The number of alkyl halides is 3. The lowest BCUT2D eigenvalue weighted by atomic mass is 9.90. The number of hydrogen-bond donors (Lipinski definition) is 3. The van der Waals surface area contributed by atoms with Gasteiger partial charge >= 0.3 is 6.18 Å². The molecule has 3 aromatic rings. The molecule has 1 unspecified atom stereocenters. The van der Waals surface area contributed by atoms with Crippen LogP contribution in [0.25, 0.3) is 10.9 Å². The van der Waals surface area contributed by atoms with E-state index in [1.54, 1.807) is 42.5 Å². The number of aliphatic hydroxyl groups is 1. The van der Waals surface area contributed by atoms with E-state index in [1.807, 2.05) is 0 Å². The molecule has 8 nitrogen and oxygen atoms in total. The average molecular weight is 521 g/mol. The third-order valence-electron chi connectivity index (χ3n) is 5.84. The molecule has 0 radical (unpaired) electrons. The van der Waals surface area contributed by atoms with Crippen LogP contribution in [0.4, 0.5) is 18.9 Å². The number of para-hydroxylation sites is 1. The summed E-state index contributed by atoms with van der Waals surface area (Å²) in [6.07, 6.45) is -1.90. The van der Waals surface area contributed by atoms with Crippen LogP contribution >= 0.6 is 0 Å². The molecule has 1 aliphatic heterocycles. The van der Waals surface area contributed by atoms with Gasteiger partial charge in [0.15, 0.2) is 0 Å². The number of piperidine rings is 1. The lowest BCUT2D eigenvalue weighted by Crippen LogP contribution is -2.45. The Labute approximate surface area is 207 Å². The molecule has 4 rings (SSSR count). The van der Waals surface area contributed by atoms with Crippen LogP contribution in [0.3, 0.4) is 0 Å². The minimum atomic E-state index is -4.33. The molecule has 0 aliphatic carbocycles. The number of aromatic nitrogens is 2. The molecule has 36 heavy (non-hydrogen) atoms. The van der Waals surface area contributed by atoms with Gasteiger partial charge in [0.05, 0.1) is 23.1 Å². The fraction of sp³-hybridized carbons (Fsp3) is 0.292. The molecule has 1 atom stereocenters. The van der Waals surface area contributed by atoms with Crippen molar-refractivity contribution >= 4 is 33.9 Å². The standard InChI is InChI=1S/C24H23F3N4O4S/c25-24(26,27)10-2-9-23(34)11-13-31(14-12-23)22(33)16-5-7-17(8-6-16)30-36(35)19-4-1-3-18-20(19)28-15-29-21(18)32/h1-9,15,30,34H,10-14H2,(H,28,29,32)/b9-2+. The third kappa shape index (κ3) is 6.07. The number of amides is 1. The van der Waals surface area contributed by atoms with E-state index < -0.39 is 29.6 Å². The number of carbonyl (C=O) groups excluding carboxylic acids is 1. The van der Waals surface area contributed by atoms with Crippen LogP contribution in [0.5, 0.6) is 5.88 Å². The first-order valence-electron chi connectivity index (χ1n) is 11.0. The Hall–Kier alpha value is -3.35. The first kappa shape index (κ1) is 25.7. The third-order valence-corrected chi connectivity index (χ3v) is 6.99. The van der Waals surface area contributed by atoms with Gasteiger partial charge in [0.25, 0.3) is 5.91 Å². The largest absolute Gasteiger partial charge is 0.588 e. The van der Waals surface area contributed by atoms with Gasteiger partial charge in [0, 0.05) is 18.7 Å². The number of nitrogens with zero attached hydrogens (tertiary/aromatic N) is 3. The molecule has 2 aromatic carbocycles. The van der Waals surface area contributed by atoms with Gasteiger partial charge in [0.2, 0.25) is 10.8 Å². The van der Waals surface area contributed by atoms with E-state index in [9.17, 15) is 32.7 Å². The predicted octanol–water partition coefficient (Wildman–Crippen LogP) is 3.95. The maximum atomic E-state index is 12.9. The molecule has 2 heterocycles. The molecule has 0 bridgehead atoms. The summed E-state index contributed by atoms with van der Waals surface area (Å²) in [7, 11) is 0. The Kier molecular flexibility index (Phi) is 7.38. The highest BCUT2D eigenvalue weighted by molar-refractivity contribution is 7.93. The second kappa shape index (κ2) is 10.3. The van der Waals surface area contributed by atoms with Crippen molar-refractivity contribution in [1.29, 1.82) is 0 Å². The number of anilines is 1. The summed E-state index contributed by atoms with van der Waals surface area (Å²) in [5.41, 5.74) is -0.153. The highest BCUT2D eigenvalue weighted by Crippen LogP contribution is 2.29. The fourth-order valence-corrected chi connectivity index (χ4v) is 4.90. The van der Waals surface area contributed by atoms with Gasteiger partial charge in [-0.25, -0.2) is 14.7 Å². The number of allylic oxidation sites excluding steroid dienone is 1. The minimum Gasteiger partial charge on any atom is -0.588 e. The summed E-state index contributed by atoms with van der Waals surface area (Å²) in [6, 6.07) is 11.2. The SMILES string of the molecule is O=C(c1ccc(N[S+]([O-])c2cccc3c(O)ncnc23)cc1)N1CCC(O)(/C=C/CC(F)(F)F)CC1. The Bertz CT molecular complexity index is 1260. The van der Waals surface area contributed by atoms with Gasteiger partial charge in [-0.15, -0.1) is 0 Å². The molecule has 0 saturated carbocycles. The van der Waals surface area contributed by atoms with E-state index in [0.29, 0.717) is 27.0 Å². The lowest BCUT2D eigenvalue weighted by molar-refractivity contribution is -0.125. The highest BCUT2D eigenvalue weighted by Gasteiger charge is 2.33. The Morgan fingerprint density at radius 1 is 1.17 bits per heavy atom. The highest BCUT2D eigenvalue weighted by atomic mass is 32.2. The van der Waals surface area contributed by atoms with Gasteiger partial charge in [-0.05, 0) is 49.2 Å². The van der Waals surface area contributed by atoms with Crippen molar-refractivity contribution in [2.75, 3.05) is 17.8 Å². The summed E-state index contributed by atoms with van der Waals surface area (Å²) < 4.78 is 52.7. The molecule has 12 heteroatoms. The van der Waals surface area contributed by atoms with Gasteiger partial charge in [-0.3, -0.25) is 4.79 Å². The van der Waals surface area contributed by atoms with Crippen molar-refractivity contribution < 1.29 is 32.7 Å². The maximum Gasteiger partial charge on any atom is 0.392 e. The summed E-state index contributed by atoms with van der Waals surface area (Å²) in [6.45, 7) is 0.400. The van der Waals surface area contributed by atoms with E-state index in [1.165, 1.54) is 17.3 Å². The first-order valence-corrected chi connectivity index (χ1v) is 12.2. The van der Waals surface area contributed by atoms with Crippen molar-refractivity contribution in [2.45, 2.75) is 35.9 Å². The molecule has 3 N–H and O–H groups in total. The summed E-state index contributed by atoms with van der Waals surface area (Å²) in [5.74, 6) is -0.486. The lowest BCUT2D eigenvalue weighted by Gasteiger charge is -2.36. The number of hydrogen-bond acceptors (Lipinski definition) is 7. The number of benzene rings is 2. The van der Waals surface area contributed by atoms with Crippen molar-refractivity contribution in [3.63, 3.8) is 0 Å². The van der Waals surface area contributed by atoms with E-state index >= 15 is 0 Å². The summed E-state index contributed by atoms with van der Waals surface area (Å²) in [4.78, 5) is 22.6. The number of halogens is 3. The van der Waals surface area contributed by atoms with E-state index in [0.717, 1.165) is 6.08 Å². The van der Waals surface area contributed by atoms with Gasteiger partial charge in [-0.2, -0.15) is 13.2 Å². The topological polar surface area (TPSA) is 122 Å².